The van der Waals surface area contributed by atoms with Gasteiger partial charge in [0.05, 0.1) is 0 Å². The molecule has 0 radical (unpaired) electrons. The fourth-order valence-electron chi connectivity index (χ4n) is 0.109. The minimum absolute atomic E-state index is 0. The summed E-state index contributed by atoms with van der Waals surface area (Å²) in [6.07, 6.45) is 0. The third-order valence-electron chi connectivity index (χ3n) is 0.172. The molecule has 0 spiro atoms. The summed E-state index contributed by atoms with van der Waals surface area (Å²) in [6, 6.07) is 0. The van der Waals surface area contributed by atoms with E-state index in [2.05, 4.69) is 2.84 Å². The van der Waals surface area contributed by atoms with Crippen LogP contribution in [-0.2, 0) is 45.3 Å². The van der Waals surface area contributed by atoms with E-state index in [1.54, 1.807) is 0 Å². The van der Waals surface area contributed by atoms with E-state index in [4.69, 9.17) is 8.32 Å². The van der Waals surface area contributed by atoms with Gasteiger partial charge in [-0.1, -0.05) is 0 Å². The van der Waals surface area contributed by atoms with Crippen molar-refractivity contribution >= 4 is 18.9 Å². The zero-order valence-electron chi connectivity index (χ0n) is 4.75. The Kier molecular flexibility index (Phi) is 13.6. The van der Waals surface area contributed by atoms with Crippen LogP contribution in [-0.4, -0.2) is 38.1 Å². The Morgan fingerprint density at radius 2 is 1.00 bits per heavy atom. The Balaban J connectivity index is -0.000000107. The van der Waals surface area contributed by atoms with Crippen molar-refractivity contribution in [1.29, 1.82) is 0 Å². The molecule has 6 N–H and O–H groups in total. The first kappa shape index (κ1) is 23.0. The van der Waals surface area contributed by atoms with Gasteiger partial charge < -0.3 is 11.0 Å². The van der Waals surface area contributed by atoms with Gasteiger partial charge in [0.15, 0.2) is 0 Å². The molecule has 9 nitrogen and oxygen atoms in total. The van der Waals surface area contributed by atoms with Gasteiger partial charge in [0, 0.05) is 0 Å². The second-order valence-electron chi connectivity index (χ2n) is 0.924. The van der Waals surface area contributed by atoms with E-state index >= 15 is 0 Å². The van der Waals surface area contributed by atoms with E-state index in [0.717, 1.165) is 0 Å². The first-order chi connectivity index (χ1) is 3.71. The van der Waals surface area contributed by atoms with Gasteiger partial charge in [-0.05, 0) is 0 Å². The molecule has 0 heterocycles. The second-order valence-corrected chi connectivity index (χ2v) is 4.68. The first-order valence-corrected chi connectivity index (χ1v) is 5.63. The molecule has 0 rings (SSSR count). The fraction of sp³-hybridized carbons (Fsp3) is 0. The van der Waals surface area contributed by atoms with Gasteiger partial charge in [0.2, 0.25) is 0 Å². The van der Waals surface area contributed by atoms with Crippen LogP contribution in [0.15, 0.2) is 0 Å². The van der Waals surface area contributed by atoms with Gasteiger partial charge in [0.1, 0.15) is 0 Å². The summed E-state index contributed by atoms with van der Waals surface area (Å²) in [5.41, 5.74) is 0. The molecule has 0 saturated carbocycles. The maximum absolute atomic E-state index is 9.53. The molecular weight excluding hydrogens is 255 g/mol. The summed E-state index contributed by atoms with van der Waals surface area (Å²) in [4.78, 5) is 0. The number of hydrogen-bond donors (Lipinski definition) is 2. The normalized spacial score (nSPS) is 10.2. The zero-order chi connectivity index (χ0) is 7.71. The van der Waals surface area contributed by atoms with Crippen molar-refractivity contribution in [2.45, 2.75) is 0 Å². The van der Waals surface area contributed by atoms with Crippen LogP contribution >= 0.6 is 0 Å². The summed E-state index contributed by atoms with van der Waals surface area (Å²) in [5.74, 6) is 0. The van der Waals surface area contributed by atoms with Crippen LogP contribution in [0, 0.1) is 0 Å². The summed E-state index contributed by atoms with van der Waals surface area (Å²) < 4.78 is 56.3. The molecule has 12 heteroatoms. The van der Waals surface area contributed by atoms with Crippen molar-refractivity contribution in [2.75, 3.05) is 0 Å². The Morgan fingerprint density at radius 1 is 0.833 bits per heavy atom. The molecule has 0 amide bonds. The van der Waals surface area contributed by atoms with Gasteiger partial charge in [-0.15, -0.1) is 0 Å². The average Bonchev–Trinajstić information content (AvgIpc) is 1.14. The van der Waals surface area contributed by atoms with E-state index in [9.17, 15) is 15.2 Å². The summed E-state index contributed by atoms with van der Waals surface area (Å²) in [5, 5.41) is 0. The predicted molar refractivity (Wildman–Crippen MR) is 22.6 cm³/mol. The first-order valence-electron chi connectivity index (χ1n) is 1.37. The van der Waals surface area contributed by atoms with E-state index in [-0.39, 0.29) is 29.8 Å². The Morgan fingerprint density at radius 3 is 1.00 bits per heavy atom. The molecule has 0 aliphatic rings. The van der Waals surface area contributed by atoms with Gasteiger partial charge in [-0.25, -0.2) is 0 Å². The van der Waals surface area contributed by atoms with Crippen LogP contribution in [0.1, 0.15) is 0 Å². The number of rotatable bonds is 2. The van der Waals surface area contributed by atoms with Crippen LogP contribution in [0.25, 0.3) is 0 Å². The van der Waals surface area contributed by atoms with Crippen molar-refractivity contribution in [3.63, 3.8) is 0 Å². The third-order valence-corrected chi connectivity index (χ3v) is 2.92. The molecule has 0 aliphatic heterocycles. The van der Waals surface area contributed by atoms with Crippen molar-refractivity contribution in [1.82, 2.24) is 0 Å². The molecular formula is H7Cr2LiO9. The standard InChI is InChI=1S/2Cr.Li.4H2O.5O.H/h;;;4*1H2;;;;;;/q2*+1;;;;;;;;;;;/p-2. The average molecular weight is 262 g/mol. The Labute approximate surface area is 83.3 Å². The van der Waals surface area contributed by atoms with Crippen molar-refractivity contribution in [3.05, 3.63) is 0 Å². The van der Waals surface area contributed by atoms with Gasteiger partial charge in [-0.2, -0.15) is 0 Å². The molecule has 0 bridgehead atoms. The van der Waals surface area contributed by atoms with Crippen LogP contribution < -0.4 is 0 Å². The number of hydrogen-bond acceptors (Lipinski definition) is 5. The van der Waals surface area contributed by atoms with Crippen molar-refractivity contribution in [2.24, 2.45) is 0 Å². The van der Waals surface area contributed by atoms with Gasteiger partial charge in [0.25, 0.3) is 0 Å². The van der Waals surface area contributed by atoms with Crippen LogP contribution in [0.5, 0.6) is 0 Å². The molecule has 0 aromatic rings. The maximum atomic E-state index is 9.53. The Hall–Kier alpha value is 0.662. The van der Waals surface area contributed by atoms with Crippen LogP contribution in [0.4, 0.5) is 0 Å². The third kappa shape index (κ3) is 22.4. The van der Waals surface area contributed by atoms with Crippen molar-refractivity contribution < 1.29 is 64.5 Å². The Bertz CT molecular complexity index is 238. The molecule has 0 saturated heterocycles. The quantitative estimate of drug-likeness (QED) is 0.475. The van der Waals surface area contributed by atoms with E-state index in [1.165, 1.54) is 0 Å². The van der Waals surface area contributed by atoms with Crippen LogP contribution in [0.3, 0.4) is 0 Å². The molecule has 0 atom stereocenters. The van der Waals surface area contributed by atoms with E-state index in [1.807, 2.05) is 0 Å². The second kappa shape index (κ2) is 7.10. The zero-order valence-corrected chi connectivity index (χ0v) is 7.30. The van der Waals surface area contributed by atoms with Gasteiger partial charge in [-0.3, -0.25) is 0 Å². The summed E-state index contributed by atoms with van der Waals surface area (Å²) in [7, 11) is 0. The molecule has 0 aromatic carbocycles. The summed E-state index contributed by atoms with van der Waals surface area (Å²) in [6.45, 7) is 0. The minimum atomic E-state index is -5.76. The van der Waals surface area contributed by atoms with E-state index in [0.29, 0.717) is 0 Å². The topological polar surface area (TPSA) is 181 Å². The molecule has 74 valence electrons. The molecule has 0 aromatic heterocycles. The molecule has 0 aliphatic carbocycles. The van der Waals surface area contributed by atoms with Crippen LogP contribution in [0.2, 0.25) is 0 Å². The molecule has 0 unspecified atom stereocenters. The SMILES string of the molecule is O.O.[LiH].[O]=[Cr](=[O])([OH])[O][Cr](=[O])(=[O])[OH]. The van der Waals surface area contributed by atoms with E-state index < -0.39 is 27.2 Å². The fourth-order valence-corrected chi connectivity index (χ4v) is 1.85. The van der Waals surface area contributed by atoms with Crippen molar-refractivity contribution in [3.8, 4) is 0 Å². The molecule has 12 heavy (non-hydrogen) atoms. The van der Waals surface area contributed by atoms with Gasteiger partial charge >= 0.3 is 72.5 Å². The summed E-state index contributed by atoms with van der Waals surface area (Å²) >= 11 is -11.5. The predicted octanol–water partition coefficient (Wildman–Crippen LogP) is -3.96. The molecule has 0 fully saturated rings. The monoisotopic (exact) mass is 262 g/mol.